The molecule has 0 saturated heterocycles. The van der Waals surface area contributed by atoms with Crippen molar-refractivity contribution in [1.29, 1.82) is 0 Å². The minimum Gasteiger partial charge on any atom is -0.202 e. The lowest BCUT2D eigenvalue weighted by Crippen LogP contribution is -2.39. The molecular weight excluding hydrogens is 236 g/mol. The Morgan fingerprint density at radius 2 is 1.07 bits per heavy atom. The summed E-state index contributed by atoms with van der Waals surface area (Å²) in [4.78, 5) is 1.51. The summed E-state index contributed by atoms with van der Waals surface area (Å²) < 4.78 is 94.0. The van der Waals surface area contributed by atoms with Crippen molar-refractivity contribution in [1.82, 2.24) is 0 Å². The molecule has 0 aliphatic rings. The number of halogens is 8. The van der Waals surface area contributed by atoms with E-state index in [1.165, 1.54) is 4.94 Å². The van der Waals surface area contributed by atoms with E-state index in [2.05, 4.69) is 0 Å². The van der Waals surface area contributed by atoms with Crippen LogP contribution in [0.3, 0.4) is 0 Å². The molecule has 0 aliphatic heterocycles. The largest absolute Gasteiger partial charge is 0.529 e. The molecule has 0 fully saturated rings. The first-order valence-corrected chi connectivity index (χ1v) is 2.50. The Balaban J connectivity index is 4.35. The van der Waals surface area contributed by atoms with Crippen LogP contribution >= 0.6 is 0 Å². The van der Waals surface area contributed by atoms with Gasteiger partial charge in [0.1, 0.15) is 0 Å². The molecule has 86 valence electrons. The maximum atomic E-state index is 11.7. The monoisotopic (exact) mass is 236 g/mol. The summed E-state index contributed by atoms with van der Waals surface area (Å²) >= 11 is 0. The van der Waals surface area contributed by atoms with Crippen LogP contribution in [-0.4, -0.2) is 19.0 Å². The van der Waals surface area contributed by atoms with E-state index in [9.17, 15) is 35.3 Å². The molecule has 0 aliphatic carbocycles. The predicted molar refractivity (Wildman–Crippen MR) is 20.3 cm³/mol. The number of ether oxygens (including phenoxy) is 2. The van der Waals surface area contributed by atoms with Gasteiger partial charge in [0.25, 0.3) is 0 Å². The predicted octanol–water partition coefficient (Wildman–Crippen LogP) is 2.54. The summed E-state index contributed by atoms with van der Waals surface area (Å²) in [5.74, 6) is 0. The van der Waals surface area contributed by atoms with Crippen molar-refractivity contribution in [2.75, 3.05) is 0 Å². The molecule has 0 saturated carbocycles. The van der Waals surface area contributed by atoms with E-state index in [0.717, 1.165) is 0 Å². The highest BCUT2D eigenvalue weighted by Crippen LogP contribution is 2.34. The van der Waals surface area contributed by atoms with Crippen LogP contribution in [0, 0.1) is 0 Å². The number of hydrogen-bond acceptors (Lipinski definition) is 3. The van der Waals surface area contributed by atoms with Gasteiger partial charge in [0.2, 0.25) is 0 Å². The highest BCUT2D eigenvalue weighted by atomic mass is 19.4. The van der Waals surface area contributed by atoms with Crippen molar-refractivity contribution >= 4 is 0 Å². The van der Waals surface area contributed by atoms with Crippen molar-refractivity contribution in [3.05, 3.63) is 0 Å². The lowest BCUT2D eigenvalue weighted by Gasteiger charge is -2.20. The molecule has 0 N–H and O–H groups in total. The standard InChI is InChI=1S/C3F8O3/c4-1(5,6)12-2(7,8)13-3(9,10)14-11. The molecule has 0 aromatic heterocycles. The molecule has 0 heterocycles. The van der Waals surface area contributed by atoms with E-state index in [0.29, 0.717) is 0 Å². The van der Waals surface area contributed by atoms with Crippen molar-refractivity contribution in [3.8, 4) is 0 Å². The smallest absolute Gasteiger partial charge is 0.202 e. The summed E-state index contributed by atoms with van der Waals surface area (Å²) in [6.07, 6.45) is -17.3. The van der Waals surface area contributed by atoms with Gasteiger partial charge < -0.3 is 0 Å². The molecule has 0 radical (unpaired) electrons. The zero-order valence-corrected chi connectivity index (χ0v) is 5.75. The van der Waals surface area contributed by atoms with Crippen LogP contribution in [0.1, 0.15) is 0 Å². The van der Waals surface area contributed by atoms with Gasteiger partial charge in [-0.1, -0.05) is 4.94 Å². The number of alkyl halides is 7. The van der Waals surface area contributed by atoms with E-state index in [-0.39, 0.29) is 0 Å². The third kappa shape index (κ3) is 5.88. The van der Waals surface area contributed by atoms with Crippen molar-refractivity contribution in [2.45, 2.75) is 19.0 Å². The molecule has 0 atom stereocenters. The van der Waals surface area contributed by atoms with Gasteiger partial charge in [-0.3, -0.25) is 0 Å². The van der Waals surface area contributed by atoms with Gasteiger partial charge in [0.15, 0.2) is 0 Å². The first-order chi connectivity index (χ1) is 5.97. The Morgan fingerprint density at radius 3 is 1.36 bits per heavy atom. The lowest BCUT2D eigenvalue weighted by atomic mass is 11.1. The van der Waals surface area contributed by atoms with Gasteiger partial charge in [0, 0.05) is 0 Å². The second-order valence-corrected chi connectivity index (χ2v) is 1.65. The van der Waals surface area contributed by atoms with E-state index in [1.807, 2.05) is 4.74 Å². The van der Waals surface area contributed by atoms with Gasteiger partial charge in [-0.2, -0.15) is 4.74 Å². The fourth-order valence-electron chi connectivity index (χ4n) is 0.310. The van der Waals surface area contributed by atoms with Crippen LogP contribution in [-0.2, 0) is 14.4 Å². The molecule has 0 spiro atoms. The molecular formula is C3F8O3. The van der Waals surface area contributed by atoms with Crippen LogP contribution in [0.15, 0.2) is 0 Å². The average molecular weight is 236 g/mol. The fraction of sp³-hybridized carbons (Fsp3) is 1.00. The van der Waals surface area contributed by atoms with Crippen LogP contribution in [0.5, 0.6) is 0 Å². The minimum absolute atomic E-state index is 1.51. The third-order valence-corrected chi connectivity index (χ3v) is 0.562. The lowest BCUT2D eigenvalue weighted by molar-refractivity contribution is -0.586. The number of hydrogen-bond donors (Lipinski definition) is 0. The van der Waals surface area contributed by atoms with Crippen LogP contribution < -0.4 is 0 Å². The SMILES string of the molecule is FOC(F)(F)OC(F)(F)OC(F)(F)F. The van der Waals surface area contributed by atoms with Gasteiger partial charge in [-0.05, 0) is 4.53 Å². The van der Waals surface area contributed by atoms with Gasteiger partial charge in [-0.25, -0.2) is 4.74 Å². The first kappa shape index (κ1) is 13.3. The molecule has 0 aromatic rings. The van der Waals surface area contributed by atoms with Crippen molar-refractivity contribution < 1.29 is 49.7 Å². The number of rotatable bonds is 4. The highest BCUT2D eigenvalue weighted by molar-refractivity contribution is 4.39. The molecule has 11 heteroatoms. The van der Waals surface area contributed by atoms with E-state index in [1.54, 1.807) is 4.74 Å². The summed E-state index contributed by atoms with van der Waals surface area (Å²) in [7, 11) is 0. The second-order valence-electron chi connectivity index (χ2n) is 1.65. The zero-order valence-electron chi connectivity index (χ0n) is 5.75. The Labute approximate surface area is 70.0 Å². The Kier molecular flexibility index (Phi) is 3.64. The second kappa shape index (κ2) is 3.82. The Bertz CT molecular complexity index is 187. The average Bonchev–Trinajstić information content (AvgIpc) is 1.78. The molecule has 0 aromatic carbocycles. The normalized spacial score (nSPS) is 14.6. The van der Waals surface area contributed by atoms with Crippen LogP contribution in [0.2, 0.25) is 0 Å². The van der Waals surface area contributed by atoms with Gasteiger partial charge in [0.05, 0.1) is 0 Å². The van der Waals surface area contributed by atoms with E-state index >= 15 is 0 Å². The van der Waals surface area contributed by atoms with Crippen LogP contribution in [0.25, 0.3) is 0 Å². The third-order valence-electron chi connectivity index (χ3n) is 0.562. The summed E-state index contributed by atoms with van der Waals surface area (Å²) in [5, 5.41) is 0. The maximum absolute atomic E-state index is 11.7. The molecule has 14 heavy (non-hydrogen) atoms. The summed E-state index contributed by atoms with van der Waals surface area (Å²) in [6, 6.07) is 0. The molecule has 0 rings (SSSR count). The summed E-state index contributed by atoms with van der Waals surface area (Å²) in [5.41, 5.74) is 0. The maximum Gasteiger partial charge on any atom is 0.529 e. The molecule has 0 amide bonds. The van der Waals surface area contributed by atoms with Gasteiger partial charge in [-0.15, -0.1) is 30.7 Å². The molecule has 3 nitrogen and oxygen atoms in total. The zero-order chi connectivity index (χ0) is 11.6. The van der Waals surface area contributed by atoms with E-state index in [4.69, 9.17) is 0 Å². The first-order valence-electron chi connectivity index (χ1n) is 2.50. The minimum atomic E-state index is -5.93. The van der Waals surface area contributed by atoms with Crippen molar-refractivity contribution in [2.24, 2.45) is 0 Å². The fourth-order valence-corrected chi connectivity index (χ4v) is 0.310. The highest BCUT2D eigenvalue weighted by Gasteiger charge is 2.54. The molecule has 0 bridgehead atoms. The van der Waals surface area contributed by atoms with Crippen LogP contribution in [0.4, 0.5) is 35.3 Å². The molecule has 0 unspecified atom stereocenters. The van der Waals surface area contributed by atoms with E-state index < -0.39 is 19.0 Å². The quantitative estimate of drug-likeness (QED) is 0.554. The Morgan fingerprint density at radius 1 is 0.643 bits per heavy atom. The van der Waals surface area contributed by atoms with Gasteiger partial charge >= 0.3 is 19.0 Å². The van der Waals surface area contributed by atoms with Crippen molar-refractivity contribution in [3.63, 3.8) is 0 Å². The topological polar surface area (TPSA) is 27.7 Å². The Hall–Kier alpha value is -0.680. The summed E-state index contributed by atoms with van der Waals surface area (Å²) in [6.45, 7) is 0.